The van der Waals surface area contributed by atoms with E-state index in [2.05, 4.69) is 53.1 Å². The molecule has 1 saturated heterocycles. The monoisotopic (exact) mass is 526 g/mol. The fourth-order valence-electron chi connectivity index (χ4n) is 2.51. The van der Waals surface area contributed by atoms with Crippen molar-refractivity contribution in [2.24, 2.45) is 0 Å². The molecule has 0 bridgehead atoms. The smallest absolute Gasteiger partial charge is 0.240 e. The molecule has 0 saturated carbocycles. The third-order valence-corrected chi connectivity index (χ3v) is 5.57. The summed E-state index contributed by atoms with van der Waals surface area (Å²) >= 11 is 10.0. The zero-order chi connectivity index (χ0) is 15.6. The molecular weight excluding hydrogens is 513 g/mol. The SMILES string of the molecule is Cl.Oc1c(Br)cc(Br)c([C@H](CC(F)F)N2CCNCC2)c1Br. The van der Waals surface area contributed by atoms with Gasteiger partial charge in [0.25, 0.3) is 0 Å². The quantitative estimate of drug-likeness (QED) is 0.594. The molecule has 126 valence electrons. The van der Waals surface area contributed by atoms with Crippen molar-refractivity contribution in [3.63, 3.8) is 0 Å². The zero-order valence-electron chi connectivity index (χ0n) is 11.5. The fourth-order valence-corrected chi connectivity index (χ4v) is 5.16. The molecule has 1 aromatic carbocycles. The average molecular weight is 529 g/mol. The number of phenolic OH excluding ortho intramolecular Hbond substituents is 1. The zero-order valence-corrected chi connectivity index (χ0v) is 17.0. The lowest BCUT2D eigenvalue weighted by atomic mass is 10.0. The van der Waals surface area contributed by atoms with Crippen molar-refractivity contribution in [3.05, 3.63) is 25.0 Å². The van der Waals surface area contributed by atoms with Crippen molar-refractivity contribution >= 4 is 60.2 Å². The number of hydrogen-bond acceptors (Lipinski definition) is 3. The summed E-state index contributed by atoms with van der Waals surface area (Å²) in [5, 5.41) is 13.3. The van der Waals surface area contributed by atoms with E-state index in [1.165, 1.54) is 0 Å². The van der Waals surface area contributed by atoms with Gasteiger partial charge >= 0.3 is 0 Å². The first-order chi connectivity index (χ1) is 9.91. The molecule has 0 radical (unpaired) electrons. The normalized spacial score (nSPS) is 17.4. The Bertz CT molecular complexity index is 517. The summed E-state index contributed by atoms with van der Waals surface area (Å²) in [6.45, 7) is 2.95. The van der Waals surface area contributed by atoms with Gasteiger partial charge in [-0.1, -0.05) is 15.9 Å². The predicted octanol–water partition coefficient (Wildman–Crippen LogP) is 4.70. The van der Waals surface area contributed by atoms with Gasteiger partial charge in [-0.05, 0) is 37.9 Å². The second-order valence-electron chi connectivity index (χ2n) is 4.85. The van der Waals surface area contributed by atoms with Crippen molar-refractivity contribution in [1.29, 1.82) is 0 Å². The van der Waals surface area contributed by atoms with Crippen LogP contribution in [0.1, 0.15) is 18.0 Å². The highest BCUT2D eigenvalue weighted by molar-refractivity contribution is 9.11. The Morgan fingerprint density at radius 2 is 1.77 bits per heavy atom. The van der Waals surface area contributed by atoms with Gasteiger partial charge in [0.1, 0.15) is 5.75 Å². The topological polar surface area (TPSA) is 35.5 Å². The van der Waals surface area contributed by atoms with Crippen LogP contribution in [0, 0.1) is 0 Å². The molecule has 1 aromatic rings. The minimum absolute atomic E-state index is 0. The molecule has 9 heteroatoms. The summed E-state index contributed by atoms with van der Waals surface area (Å²) in [5.41, 5.74) is 0.665. The van der Waals surface area contributed by atoms with Gasteiger partial charge in [0, 0.05) is 48.7 Å². The Hall–Kier alpha value is 0.530. The number of phenols is 1. The maximum absolute atomic E-state index is 13.0. The molecule has 2 N–H and O–H groups in total. The number of nitrogens with one attached hydrogen (secondary N) is 1. The van der Waals surface area contributed by atoms with E-state index in [1.807, 2.05) is 4.90 Å². The van der Waals surface area contributed by atoms with Crippen LogP contribution in [-0.2, 0) is 0 Å². The number of piperazine rings is 1. The molecule has 1 atom stereocenters. The lowest BCUT2D eigenvalue weighted by molar-refractivity contribution is 0.0732. The van der Waals surface area contributed by atoms with E-state index in [1.54, 1.807) is 6.07 Å². The van der Waals surface area contributed by atoms with Crippen molar-refractivity contribution < 1.29 is 13.9 Å². The van der Waals surface area contributed by atoms with Gasteiger partial charge < -0.3 is 10.4 Å². The molecule has 0 unspecified atom stereocenters. The van der Waals surface area contributed by atoms with Crippen LogP contribution in [-0.4, -0.2) is 42.6 Å². The first-order valence-electron chi connectivity index (χ1n) is 6.51. The Morgan fingerprint density at radius 1 is 1.18 bits per heavy atom. The van der Waals surface area contributed by atoms with E-state index in [4.69, 9.17) is 0 Å². The molecule has 3 nitrogen and oxygen atoms in total. The summed E-state index contributed by atoms with van der Waals surface area (Å²) in [6, 6.07) is 1.24. The second kappa shape index (κ2) is 9.13. The van der Waals surface area contributed by atoms with E-state index in [9.17, 15) is 13.9 Å². The van der Waals surface area contributed by atoms with Gasteiger partial charge in [0.15, 0.2) is 0 Å². The Morgan fingerprint density at radius 3 is 2.32 bits per heavy atom. The van der Waals surface area contributed by atoms with Crippen LogP contribution >= 0.6 is 60.2 Å². The van der Waals surface area contributed by atoms with Crippen LogP contribution in [0.5, 0.6) is 5.75 Å². The highest BCUT2D eigenvalue weighted by Gasteiger charge is 2.30. The maximum atomic E-state index is 13.0. The van der Waals surface area contributed by atoms with Crippen LogP contribution in [0.25, 0.3) is 0 Å². The first kappa shape index (κ1) is 20.6. The van der Waals surface area contributed by atoms with Gasteiger partial charge in [0.05, 0.1) is 8.95 Å². The molecule has 1 heterocycles. The number of halogens is 6. The number of rotatable bonds is 4. The minimum Gasteiger partial charge on any atom is -0.506 e. The highest BCUT2D eigenvalue weighted by Crippen LogP contribution is 2.45. The third-order valence-electron chi connectivity index (χ3n) is 3.51. The molecule has 0 aliphatic carbocycles. The largest absolute Gasteiger partial charge is 0.506 e. The predicted molar refractivity (Wildman–Crippen MR) is 96.3 cm³/mol. The van der Waals surface area contributed by atoms with Crippen LogP contribution in [0.2, 0.25) is 0 Å². The van der Waals surface area contributed by atoms with Crippen molar-refractivity contribution in [2.75, 3.05) is 26.2 Å². The average Bonchev–Trinajstić information content (AvgIpc) is 2.44. The van der Waals surface area contributed by atoms with Crippen LogP contribution in [0.15, 0.2) is 19.5 Å². The molecule has 0 amide bonds. The Kier molecular flexibility index (Phi) is 8.54. The molecule has 0 spiro atoms. The van der Waals surface area contributed by atoms with Crippen LogP contribution in [0.3, 0.4) is 0 Å². The van der Waals surface area contributed by atoms with E-state index in [0.717, 1.165) is 13.1 Å². The summed E-state index contributed by atoms with van der Waals surface area (Å²) in [6.07, 6.45) is -2.67. The number of aromatic hydroxyl groups is 1. The summed E-state index contributed by atoms with van der Waals surface area (Å²) < 4.78 is 27.7. The van der Waals surface area contributed by atoms with E-state index >= 15 is 0 Å². The molecule has 1 aliphatic rings. The molecule has 2 rings (SSSR count). The molecule has 0 aromatic heterocycles. The fraction of sp³-hybridized carbons (Fsp3) is 0.538. The molecule has 1 aliphatic heterocycles. The third kappa shape index (κ3) is 4.77. The summed E-state index contributed by atoms with van der Waals surface area (Å²) in [5.74, 6) is 0.0302. The second-order valence-corrected chi connectivity index (χ2v) is 7.35. The maximum Gasteiger partial charge on any atom is 0.240 e. The minimum atomic E-state index is -2.41. The van der Waals surface area contributed by atoms with E-state index in [-0.39, 0.29) is 24.6 Å². The number of alkyl halides is 2. The highest BCUT2D eigenvalue weighted by atomic mass is 79.9. The summed E-state index contributed by atoms with van der Waals surface area (Å²) in [7, 11) is 0. The summed E-state index contributed by atoms with van der Waals surface area (Å²) in [4.78, 5) is 2.03. The van der Waals surface area contributed by atoms with Gasteiger partial charge in [-0.25, -0.2) is 8.78 Å². The van der Waals surface area contributed by atoms with Gasteiger partial charge in [-0.3, -0.25) is 4.90 Å². The van der Waals surface area contributed by atoms with Crippen molar-refractivity contribution in [3.8, 4) is 5.75 Å². The Labute approximate surface area is 159 Å². The van der Waals surface area contributed by atoms with E-state index in [0.29, 0.717) is 32.1 Å². The van der Waals surface area contributed by atoms with Gasteiger partial charge in [-0.2, -0.15) is 0 Å². The number of hydrogen-bond donors (Lipinski definition) is 2. The van der Waals surface area contributed by atoms with Gasteiger partial charge in [-0.15, -0.1) is 12.4 Å². The van der Waals surface area contributed by atoms with Crippen LogP contribution in [0.4, 0.5) is 8.78 Å². The number of nitrogens with zero attached hydrogens (tertiary/aromatic N) is 1. The van der Waals surface area contributed by atoms with Crippen LogP contribution < -0.4 is 5.32 Å². The lowest BCUT2D eigenvalue weighted by Crippen LogP contribution is -2.45. The molecular formula is C13H16Br3ClF2N2O. The van der Waals surface area contributed by atoms with Crippen molar-refractivity contribution in [2.45, 2.75) is 18.9 Å². The standard InChI is InChI=1S/C13H15Br3F2N2O.ClH/c14-7-5-8(15)13(21)12(16)11(7)9(6-10(17)18)20-3-1-19-2-4-20;/h5,9-10,19,21H,1-4,6H2;1H/t9-;/m0./s1. The Balaban J connectivity index is 0.00000242. The van der Waals surface area contributed by atoms with Gasteiger partial charge in [0.2, 0.25) is 6.43 Å². The van der Waals surface area contributed by atoms with E-state index < -0.39 is 12.5 Å². The first-order valence-corrected chi connectivity index (χ1v) is 8.89. The number of benzene rings is 1. The lowest BCUT2D eigenvalue weighted by Gasteiger charge is -2.36. The molecule has 22 heavy (non-hydrogen) atoms. The molecule has 1 fully saturated rings. The van der Waals surface area contributed by atoms with Crippen molar-refractivity contribution in [1.82, 2.24) is 10.2 Å².